The largest absolute Gasteiger partial charge is 0.504 e. The fraction of sp³-hybridized carbons (Fsp3) is 0.200. The number of rotatable bonds is 3. The van der Waals surface area contributed by atoms with Crippen LogP contribution in [0.3, 0.4) is 0 Å². The second-order valence-corrected chi connectivity index (χ2v) is 4.22. The molecule has 3 heteroatoms. The number of hydrogen-bond acceptors (Lipinski definition) is 3. The van der Waals surface area contributed by atoms with Crippen molar-refractivity contribution in [3.63, 3.8) is 0 Å². The third-order valence-corrected chi connectivity index (χ3v) is 3.04. The molecule has 0 amide bonds. The number of methoxy groups -OCH3 is 1. The summed E-state index contributed by atoms with van der Waals surface area (Å²) in [5.41, 5.74) is 2.75. The summed E-state index contributed by atoms with van der Waals surface area (Å²) in [5, 5.41) is 19.7. The van der Waals surface area contributed by atoms with Crippen LogP contribution in [0.25, 0.3) is 0 Å². The summed E-state index contributed by atoms with van der Waals surface area (Å²) in [6, 6.07) is 11.6. The lowest BCUT2D eigenvalue weighted by Gasteiger charge is -2.13. The average Bonchev–Trinajstić information content (AvgIpc) is 2.37. The topological polar surface area (TPSA) is 49.7 Å². The highest BCUT2D eigenvalue weighted by Gasteiger charge is 2.15. The normalized spacial score (nSPS) is 10.3. The van der Waals surface area contributed by atoms with E-state index in [2.05, 4.69) is 0 Å². The van der Waals surface area contributed by atoms with Crippen LogP contribution in [0.15, 0.2) is 36.4 Å². The summed E-state index contributed by atoms with van der Waals surface area (Å²) >= 11 is 0. The van der Waals surface area contributed by atoms with Crippen molar-refractivity contribution in [1.82, 2.24) is 0 Å². The minimum atomic E-state index is -0.0356. The lowest BCUT2D eigenvalue weighted by molar-refractivity contribution is 0.342. The number of hydrogen-bond donors (Lipinski definition) is 2. The molecule has 0 unspecified atom stereocenters. The van der Waals surface area contributed by atoms with Crippen LogP contribution in [-0.2, 0) is 6.42 Å². The van der Waals surface area contributed by atoms with E-state index in [-0.39, 0.29) is 17.2 Å². The van der Waals surface area contributed by atoms with E-state index in [0.717, 1.165) is 16.7 Å². The van der Waals surface area contributed by atoms with Crippen molar-refractivity contribution >= 4 is 0 Å². The fourth-order valence-corrected chi connectivity index (χ4v) is 1.98. The van der Waals surface area contributed by atoms with Crippen LogP contribution in [0.4, 0.5) is 0 Å². The van der Waals surface area contributed by atoms with Crippen molar-refractivity contribution in [3.05, 3.63) is 53.1 Å². The van der Waals surface area contributed by atoms with Crippen molar-refractivity contribution in [1.29, 1.82) is 0 Å². The highest BCUT2D eigenvalue weighted by atomic mass is 16.5. The third-order valence-electron chi connectivity index (χ3n) is 3.04. The van der Waals surface area contributed by atoms with Gasteiger partial charge in [-0.2, -0.15) is 0 Å². The quantitative estimate of drug-likeness (QED) is 0.872. The van der Waals surface area contributed by atoms with Crippen LogP contribution < -0.4 is 4.74 Å². The summed E-state index contributed by atoms with van der Waals surface area (Å²) in [6.45, 7) is 1.82. The minimum Gasteiger partial charge on any atom is -0.504 e. The number of phenolic OH excluding ortho intramolecular Hbond substituents is 2. The summed E-state index contributed by atoms with van der Waals surface area (Å²) in [5.74, 6) is 0.0965. The Hall–Kier alpha value is -2.16. The number of benzene rings is 2. The molecule has 2 rings (SSSR count). The number of phenols is 2. The van der Waals surface area contributed by atoms with Gasteiger partial charge in [0, 0.05) is 0 Å². The summed E-state index contributed by atoms with van der Waals surface area (Å²) in [4.78, 5) is 0. The van der Waals surface area contributed by atoms with E-state index >= 15 is 0 Å². The summed E-state index contributed by atoms with van der Waals surface area (Å²) in [6.07, 6.45) is 0.664. The first-order chi connectivity index (χ1) is 8.63. The average molecular weight is 244 g/mol. The predicted molar refractivity (Wildman–Crippen MR) is 70.3 cm³/mol. The van der Waals surface area contributed by atoms with Gasteiger partial charge >= 0.3 is 0 Å². The highest BCUT2D eigenvalue weighted by molar-refractivity contribution is 5.57. The van der Waals surface area contributed by atoms with Crippen molar-refractivity contribution in [2.24, 2.45) is 0 Å². The first kappa shape index (κ1) is 12.3. The van der Waals surface area contributed by atoms with E-state index in [1.165, 1.54) is 7.11 Å². The zero-order valence-electron chi connectivity index (χ0n) is 10.5. The molecule has 0 aliphatic rings. The Kier molecular flexibility index (Phi) is 3.42. The van der Waals surface area contributed by atoms with Crippen LogP contribution in [0.1, 0.15) is 16.7 Å². The lowest BCUT2D eigenvalue weighted by atomic mass is 9.99. The Balaban J connectivity index is 2.41. The molecule has 94 valence electrons. The van der Waals surface area contributed by atoms with Gasteiger partial charge in [-0.15, -0.1) is 0 Å². The molecule has 0 saturated carbocycles. The minimum absolute atomic E-state index is 0.00318. The first-order valence-corrected chi connectivity index (χ1v) is 5.75. The molecule has 3 nitrogen and oxygen atoms in total. The molecule has 0 spiro atoms. The molecule has 0 fully saturated rings. The lowest BCUT2D eigenvalue weighted by Crippen LogP contribution is -1.95. The summed E-state index contributed by atoms with van der Waals surface area (Å²) < 4.78 is 4.96. The zero-order valence-corrected chi connectivity index (χ0v) is 10.5. The Labute approximate surface area is 106 Å². The molecule has 0 bridgehead atoms. The van der Waals surface area contributed by atoms with Crippen molar-refractivity contribution in [3.8, 4) is 17.2 Å². The molecule has 0 saturated heterocycles. The second kappa shape index (κ2) is 5.00. The molecule has 2 aromatic carbocycles. The Morgan fingerprint density at radius 3 is 2.39 bits per heavy atom. The fourth-order valence-electron chi connectivity index (χ4n) is 1.98. The molecule has 2 aromatic rings. The van der Waals surface area contributed by atoms with E-state index in [1.54, 1.807) is 6.07 Å². The highest BCUT2D eigenvalue weighted by Crippen LogP contribution is 2.40. The Morgan fingerprint density at radius 1 is 1.11 bits per heavy atom. The van der Waals surface area contributed by atoms with E-state index in [9.17, 15) is 10.2 Å². The molecule has 0 atom stereocenters. The SMILES string of the molecule is COc1c(O)cc(Cc2ccccc2)c(C)c1O. The molecule has 18 heavy (non-hydrogen) atoms. The number of ether oxygens (including phenoxy) is 1. The van der Waals surface area contributed by atoms with Gasteiger partial charge in [0.2, 0.25) is 5.75 Å². The van der Waals surface area contributed by atoms with Gasteiger partial charge < -0.3 is 14.9 Å². The smallest absolute Gasteiger partial charge is 0.203 e. The Bertz CT molecular complexity index is 547. The standard InChI is InChI=1S/C15H16O3/c1-10-12(8-11-6-4-3-5-7-11)9-13(16)15(18-2)14(10)17/h3-7,9,16-17H,8H2,1-2H3. The van der Waals surface area contributed by atoms with Crippen LogP contribution >= 0.6 is 0 Å². The summed E-state index contributed by atoms with van der Waals surface area (Å²) in [7, 11) is 1.42. The molecule has 0 aromatic heterocycles. The molecule has 0 heterocycles. The molecule has 0 aliphatic carbocycles. The van der Waals surface area contributed by atoms with Crippen LogP contribution in [-0.4, -0.2) is 17.3 Å². The number of aromatic hydroxyl groups is 2. The molecule has 0 aliphatic heterocycles. The van der Waals surface area contributed by atoms with Crippen molar-refractivity contribution in [2.75, 3.05) is 7.11 Å². The van der Waals surface area contributed by atoms with Crippen molar-refractivity contribution in [2.45, 2.75) is 13.3 Å². The van der Waals surface area contributed by atoms with Crippen LogP contribution in [0.2, 0.25) is 0 Å². The monoisotopic (exact) mass is 244 g/mol. The van der Waals surface area contributed by atoms with E-state index in [0.29, 0.717) is 6.42 Å². The van der Waals surface area contributed by atoms with Gasteiger partial charge in [0.15, 0.2) is 11.5 Å². The van der Waals surface area contributed by atoms with Gasteiger partial charge in [-0.05, 0) is 36.1 Å². The van der Waals surface area contributed by atoms with Gasteiger partial charge in [0.05, 0.1) is 7.11 Å². The maximum Gasteiger partial charge on any atom is 0.203 e. The van der Waals surface area contributed by atoms with E-state index in [4.69, 9.17) is 4.74 Å². The van der Waals surface area contributed by atoms with Gasteiger partial charge in [-0.25, -0.2) is 0 Å². The van der Waals surface area contributed by atoms with Gasteiger partial charge in [0.25, 0.3) is 0 Å². The van der Waals surface area contributed by atoms with E-state index < -0.39 is 0 Å². The Morgan fingerprint density at radius 2 is 1.78 bits per heavy atom. The molecule has 0 radical (unpaired) electrons. The van der Waals surface area contributed by atoms with E-state index in [1.807, 2.05) is 37.3 Å². The molecular formula is C15H16O3. The van der Waals surface area contributed by atoms with Gasteiger partial charge in [-0.1, -0.05) is 30.3 Å². The molecule has 2 N–H and O–H groups in total. The third kappa shape index (κ3) is 2.25. The van der Waals surface area contributed by atoms with Gasteiger partial charge in [0.1, 0.15) is 0 Å². The van der Waals surface area contributed by atoms with Crippen LogP contribution in [0, 0.1) is 6.92 Å². The maximum absolute atomic E-state index is 9.95. The zero-order chi connectivity index (χ0) is 13.1. The second-order valence-electron chi connectivity index (χ2n) is 4.22. The maximum atomic E-state index is 9.95. The van der Waals surface area contributed by atoms with Crippen LogP contribution in [0.5, 0.6) is 17.2 Å². The van der Waals surface area contributed by atoms with Crippen molar-refractivity contribution < 1.29 is 14.9 Å². The first-order valence-electron chi connectivity index (χ1n) is 5.75. The predicted octanol–water partition coefficient (Wildman–Crippen LogP) is 3.01. The van der Waals surface area contributed by atoms with Gasteiger partial charge in [-0.3, -0.25) is 0 Å². The molecular weight excluding hydrogens is 228 g/mol.